The summed E-state index contributed by atoms with van der Waals surface area (Å²) in [5.74, 6) is -0.232. The molecule has 0 saturated heterocycles. The van der Waals surface area contributed by atoms with Gasteiger partial charge in [0.1, 0.15) is 5.54 Å². The largest absolute Gasteiger partial charge is 0.369 e. The zero-order valence-electron chi connectivity index (χ0n) is 9.57. The number of carbonyl (C=O) groups is 1. The molecular weight excluding hydrogens is 240 g/mol. The fourth-order valence-electron chi connectivity index (χ4n) is 1.77. The maximum Gasteiger partial charge on any atom is 0.243 e. The summed E-state index contributed by atoms with van der Waals surface area (Å²) in [5.41, 5.74) is 11.6. The van der Waals surface area contributed by atoms with Gasteiger partial charge < -0.3 is 11.5 Å². The number of nitrogen functional groups attached to an aromatic ring is 1. The molecule has 0 fully saturated rings. The molecule has 90 valence electrons. The third kappa shape index (κ3) is 1.72. The van der Waals surface area contributed by atoms with Gasteiger partial charge in [-0.05, 0) is 32.0 Å². The molecule has 0 spiro atoms. The molecule has 0 aliphatic heterocycles. The van der Waals surface area contributed by atoms with Crippen molar-refractivity contribution in [2.45, 2.75) is 19.4 Å². The number of imidazole rings is 1. The standard InChI is InChI=1S/C11H13ClN4O/c1-11(2,9(13)17)16-8-4-3-6(12)5-7(8)15-10(16)14/h3-5H,1-2H3,(H2,13,17)(H2,14,15). The molecule has 0 radical (unpaired) electrons. The second kappa shape index (κ2) is 3.63. The van der Waals surface area contributed by atoms with Crippen LogP contribution in [-0.2, 0) is 10.3 Å². The fraction of sp³-hybridized carbons (Fsp3) is 0.273. The van der Waals surface area contributed by atoms with Crippen molar-refractivity contribution in [3.05, 3.63) is 23.2 Å². The van der Waals surface area contributed by atoms with Gasteiger partial charge in [0.2, 0.25) is 11.9 Å². The number of benzene rings is 1. The van der Waals surface area contributed by atoms with Crippen molar-refractivity contribution in [2.75, 3.05) is 5.73 Å². The van der Waals surface area contributed by atoms with E-state index in [-0.39, 0.29) is 5.95 Å². The van der Waals surface area contributed by atoms with Crippen LogP contribution in [0.1, 0.15) is 13.8 Å². The van der Waals surface area contributed by atoms with Crippen LogP contribution < -0.4 is 11.5 Å². The number of rotatable bonds is 2. The van der Waals surface area contributed by atoms with Crippen LogP contribution in [0.5, 0.6) is 0 Å². The Morgan fingerprint density at radius 1 is 1.47 bits per heavy atom. The van der Waals surface area contributed by atoms with E-state index in [2.05, 4.69) is 4.98 Å². The van der Waals surface area contributed by atoms with E-state index in [1.165, 1.54) is 0 Å². The first-order valence-electron chi connectivity index (χ1n) is 5.08. The first-order valence-corrected chi connectivity index (χ1v) is 5.45. The minimum absolute atomic E-state index is 0.242. The summed E-state index contributed by atoms with van der Waals surface area (Å²) in [6, 6.07) is 5.19. The lowest BCUT2D eigenvalue weighted by Crippen LogP contribution is -2.41. The Morgan fingerprint density at radius 2 is 2.12 bits per heavy atom. The Morgan fingerprint density at radius 3 is 2.71 bits per heavy atom. The van der Waals surface area contributed by atoms with Crippen molar-refractivity contribution in [3.63, 3.8) is 0 Å². The number of nitrogens with two attached hydrogens (primary N) is 2. The predicted molar refractivity (Wildman–Crippen MR) is 67.7 cm³/mol. The summed E-state index contributed by atoms with van der Waals surface area (Å²) in [7, 11) is 0. The van der Waals surface area contributed by atoms with Crippen LogP contribution in [-0.4, -0.2) is 15.5 Å². The van der Waals surface area contributed by atoms with Gasteiger partial charge in [-0.25, -0.2) is 4.98 Å². The predicted octanol–water partition coefficient (Wildman–Crippen LogP) is 1.49. The van der Waals surface area contributed by atoms with Gasteiger partial charge in [-0.3, -0.25) is 9.36 Å². The van der Waals surface area contributed by atoms with Crippen LogP contribution in [0.2, 0.25) is 5.02 Å². The number of carbonyl (C=O) groups excluding carboxylic acids is 1. The summed E-state index contributed by atoms with van der Waals surface area (Å²) < 4.78 is 1.61. The molecule has 1 aromatic heterocycles. The number of hydrogen-bond acceptors (Lipinski definition) is 3. The van der Waals surface area contributed by atoms with E-state index in [4.69, 9.17) is 23.1 Å². The Bertz CT molecular complexity index is 603. The van der Waals surface area contributed by atoms with E-state index in [0.29, 0.717) is 10.5 Å². The maximum absolute atomic E-state index is 11.5. The Balaban J connectivity index is 2.78. The average Bonchev–Trinajstić information content (AvgIpc) is 2.53. The van der Waals surface area contributed by atoms with Crippen molar-refractivity contribution >= 4 is 34.5 Å². The molecule has 0 aliphatic carbocycles. The van der Waals surface area contributed by atoms with Gasteiger partial charge >= 0.3 is 0 Å². The normalized spacial score (nSPS) is 11.9. The highest BCUT2D eigenvalue weighted by molar-refractivity contribution is 6.31. The van der Waals surface area contributed by atoms with Crippen LogP contribution in [0.3, 0.4) is 0 Å². The highest BCUT2D eigenvalue weighted by Crippen LogP contribution is 2.28. The molecule has 1 amide bonds. The van der Waals surface area contributed by atoms with E-state index in [0.717, 1.165) is 5.52 Å². The summed E-state index contributed by atoms with van der Waals surface area (Å²) >= 11 is 5.88. The van der Waals surface area contributed by atoms with Gasteiger partial charge in [-0.1, -0.05) is 11.6 Å². The van der Waals surface area contributed by atoms with Crippen molar-refractivity contribution in [3.8, 4) is 0 Å². The number of aromatic nitrogens is 2. The second-order valence-electron chi connectivity index (χ2n) is 4.36. The van der Waals surface area contributed by atoms with Crippen LogP contribution in [0.4, 0.5) is 5.95 Å². The number of primary amides is 1. The fourth-order valence-corrected chi connectivity index (χ4v) is 1.94. The third-order valence-electron chi connectivity index (χ3n) is 2.80. The topological polar surface area (TPSA) is 86.9 Å². The van der Waals surface area contributed by atoms with E-state index < -0.39 is 11.4 Å². The smallest absolute Gasteiger partial charge is 0.243 e. The summed E-state index contributed by atoms with van der Waals surface area (Å²) in [4.78, 5) is 15.6. The number of anilines is 1. The van der Waals surface area contributed by atoms with E-state index in [1.54, 1.807) is 36.6 Å². The number of halogens is 1. The van der Waals surface area contributed by atoms with Gasteiger partial charge in [0.15, 0.2) is 0 Å². The van der Waals surface area contributed by atoms with Gasteiger partial charge in [-0.2, -0.15) is 0 Å². The van der Waals surface area contributed by atoms with Gasteiger partial charge in [0.05, 0.1) is 11.0 Å². The molecular formula is C11H13ClN4O. The Labute approximate surface area is 103 Å². The lowest BCUT2D eigenvalue weighted by Gasteiger charge is -2.24. The van der Waals surface area contributed by atoms with Crippen LogP contribution >= 0.6 is 11.6 Å². The molecule has 2 aromatic rings. The molecule has 1 heterocycles. The number of hydrogen-bond donors (Lipinski definition) is 2. The molecule has 17 heavy (non-hydrogen) atoms. The second-order valence-corrected chi connectivity index (χ2v) is 4.80. The van der Waals surface area contributed by atoms with Crippen LogP contribution in [0, 0.1) is 0 Å². The summed E-state index contributed by atoms with van der Waals surface area (Å²) in [6.07, 6.45) is 0. The van der Waals surface area contributed by atoms with Gasteiger partial charge in [-0.15, -0.1) is 0 Å². The van der Waals surface area contributed by atoms with Crippen LogP contribution in [0.25, 0.3) is 11.0 Å². The molecule has 5 nitrogen and oxygen atoms in total. The van der Waals surface area contributed by atoms with Gasteiger partial charge in [0, 0.05) is 5.02 Å². The van der Waals surface area contributed by atoms with E-state index in [9.17, 15) is 4.79 Å². The molecule has 0 unspecified atom stereocenters. The third-order valence-corrected chi connectivity index (χ3v) is 3.04. The molecule has 0 aliphatic rings. The zero-order valence-corrected chi connectivity index (χ0v) is 10.3. The van der Waals surface area contributed by atoms with Crippen molar-refractivity contribution in [1.82, 2.24) is 9.55 Å². The molecule has 0 saturated carbocycles. The highest BCUT2D eigenvalue weighted by atomic mass is 35.5. The average molecular weight is 253 g/mol. The first kappa shape index (κ1) is 11.7. The van der Waals surface area contributed by atoms with Crippen molar-refractivity contribution < 1.29 is 4.79 Å². The van der Waals surface area contributed by atoms with Gasteiger partial charge in [0.25, 0.3) is 0 Å². The Kier molecular flexibility index (Phi) is 2.50. The molecule has 0 atom stereocenters. The SMILES string of the molecule is CC(C)(C(N)=O)n1c(N)nc2cc(Cl)ccc21. The van der Waals surface area contributed by atoms with E-state index in [1.807, 2.05) is 0 Å². The monoisotopic (exact) mass is 252 g/mol. The first-order chi connectivity index (χ1) is 7.84. The number of nitrogens with zero attached hydrogens (tertiary/aromatic N) is 2. The minimum atomic E-state index is -0.938. The summed E-state index contributed by atoms with van der Waals surface area (Å²) in [5, 5.41) is 0.569. The van der Waals surface area contributed by atoms with Crippen molar-refractivity contribution in [2.24, 2.45) is 5.73 Å². The summed E-state index contributed by atoms with van der Waals surface area (Å²) in [6.45, 7) is 3.39. The number of fused-ring (bicyclic) bond motifs is 1. The van der Waals surface area contributed by atoms with E-state index >= 15 is 0 Å². The maximum atomic E-state index is 11.5. The molecule has 1 aromatic carbocycles. The van der Waals surface area contributed by atoms with Crippen molar-refractivity contribution in [1.29, 1.82) is 0 Å². The zero-order chi connectivity index (χ0) is 12.8. The highest BCUT2D eigenvalue weighted by Gasteiger charge is 2.30. The minimum Gasteiger partial charge on any atom is -0.369 e. The van der Waals surface area contributed by atoms with Crippen LogP contribution in [0.15, 0.2) is 18.2 Å². The number of amides is 1. The Hall–Kier alpha value is -1.75. The molecule has 2 rings (SSSR count). The molecule has 4 N–H and O–H groups in total. The lowest BCUT2D eigenvalue weighted by molar-refractivity contribution is -0.124. The molecule has 6 heteroatoms. The quantitative estimate of drug-likeness (QED) is 0.849. The lowest BCUT2D eigenvalue weighted by atomic mass is 10.0. The molecule has 0 bridgehead atoms.